The first-order chi connectivity index (χ1) is 14.9. The lowest BCUT2D eigenvalue weighted by Crippen LogP contribution is -2.48. The maximum absolute atomic E-state index is 11.4. The molecule has 1 aromatic carbocycles. The van der Waals surface area contributed by atoms with Gasteiger partial charge in [0.15, 0.2) is 5.82 Å². The van der Waals surface area contributed by atoms with Gasteiger partial charge in [0.2, 0.25) is 0 Å². The zero-order valence-corrected chi connectivity index (χ0v) is 17.6. The highest BCUT2D eigenvalue weighted by atomic mass is 16.5. The number of hydrogen-bond acceptors (Lipinski definition) is 6. The van der Waals surface area contributed by atoms with Crippen molar-refractivity contribution >= 4 is 28.6 Å². The van der Waals surface area contributed by atoms with Crippen LogP contribution in [-0.2, 0) is 0 Å². The Morgan fingerprint density at radius 2 is 2.10 bits per heavy atom. The van der Waals surface area contributed by atoms with Crippen LogP contribution in [0.1, 0.15) is 20.3 Å². The fourth-order valence-corrected chi connectivity index (χ4v) is 4.55. The molecule has 2 saturated heterocycles. The molecule has 1 amide bonds. The summed E-state index contributed by atoms with van der Waals surface area (Å²) in [7, 11) is 0. The van der Waals surface area contributed by atoms with Crippen LogP contribution in [0.25, 0.3) is 16.6 Å². The second kappa shape index (κ2) is 7.33. The van der Waals surface area contributed by atoms with E-state index in [1.165, 1.54) is 4.90 Å². The number of piperazine rings is 1. The molecule has 9 nitrogen and oxygen atoms in total. The molecule has 4 heterocycles. The normalized spacial score (nSPS) is 20.2. The molecule has 0 unspecified atom stereocenters. The van der Waals surface area contributed by atoms with Crippen LogP contribution >= 0.6 is 0 Å². The van der Waals surface area contributed by atoms with E-state index in [-0.39, 0.29) is 12.1 Å². The Kier molecular flexibility index (Phi) is 4.60. The molecule has 9 heteroatoms. The van der Waals surface area contributed by atoms with Gasteiger partial charge in [-0.05, 0) is 30.5 Å². The van der Waals surface area contributed by atoms with Crippen LogP contribution in [0.5, 0.6) is 5.75 Å². The Morgan fingerprint density at radius 1 is 1.26 bits per heavy atom. The minimum Gasteiger partial charge on any atom is -0.493 e. The van der Waals surface area contributed by atoms with Crippen LogP contribution in [0.15, 0.2) is 36.5 Å². The summed E-state index contributed by atoms with van der Waals surface area (Å²) in [5.74, 6) is 2.49. The van der Waals surface area contributed by atoms with Crippen molar-refractivity contribution in [2.75, 3.05) is 30.3 Å². The molecule has 2 atom stereocenters. The second-order valence-corrected chi connectivity index (χ2v) is 8.68. The third-order valence-electron chi connectivity index (χ3n) is 6.02. The highest BCUT2D eigenvalue weighted by molar-refractivity contribution is 5.91. The first kappa shape index (κ1) is 19.5. The van der Waals surface area contributed by atoms with E-state index in [1.54, 1.807) is 6.20 Å². The first-order valence-electron chi connectivity index (χ1n) is 10.5. The number of anilines is 2. The number of hydrogen-bond donors (Lipinski definition) is 2. The molecule has 2 bridgehead atoms. The Balaban J connectivity index is 1.46. The number of rotatable bonds is 5. The van der Waals surface area contributed by atoms with Gasteiger partial charge in [0.25, 0.3) is 0 Å². The summed E-state index contributed by atoms with van der Waals surface area (Å²) in [5, 5.41) is 14.8. The van der Waals surface area contributed by atoms with Crippen LogP contribution in [0.3, 0.4) is 0 Å². The van der Waals surface area contributed by atoms with E-state index in [0.29, 0.717) is 31.4 Å². The number of fused-ring (bicyclic) bond motifs is 3. The Labute approximate surface area is 180 Å². The molecular formula is C22H26N6O3. The van der Waals surface area contributed by atoms with Crippen molar-refractivity contribution in [3.8, 4) is 11.4 Å². The van der Waals surface area contributed by atoms with Gasteiger partial charge in [0, 0.05) is 36.8 Å². The fraction of sp³-hybridized carbons (Fsp3) is 0.409. The number of aromatic nitrogens is 3. The summed E-state index contributed by atoms with van der Waals surface area (Å²) in [6, 6.07) is 9.87. The molecule has 2 aliphatic heterocycles. The summed E-state index contributed by atoms with van der Waals surface area (Å²) in [6.45, 7) is 6.03. The Morgan fingerprint density at radius 3 is 2.81 bits per heavy atom. The van der Waals surface area contributed by atoms with Crippen LogP contribution in [0.2, 0.25) is 0 Å². The summed E-state index contributed by atoms with van der Waals surface area (Å²) < 4.78 is 7.70. The molecule has 3 N–H and O–H groups in total. The topological polar surface area (TPSA) is 110 Å². The molecule has 0 aliphatic carbocycles. The van der Waals surface area contributed by atoms with Gasteiger partial charge < -0.3 is 25.4 Å². The molecule has 0 spiro atoms. The highest BCUT2D eigenvalue weighted by Crippen LogP contribution is 2.35. The molecule has 2 aromatic heterocycles. The monoisotopic (exact) mass is 422 g/mol. The van der Waals surface area contributed by atoms with Gasteiger partial charge in [-0.1, -0.05) is 13.8 Å². The number of likely N-dealkylation sites (tertiary alicyclic amines) is 1. The molecule has 2 aliphatic rings. The predicted molar refractivity (Wildman–Crippen MR) is 118 cm³/mol. The molecule has 162 valence electrons. The van der Waals surface area contributed by atoms with Gasteiger partial charge in [-0.2, -0.15) is 0 Å². The molecule has 31 heavy (non-hydrogen) atoms. The van der Waals surface area contributed by atoms with E-state index in [9.17, 15) is 9.90 Å². The van der Waals surface area contributed by atoms with Crippen LogP contribution in [0.4, 0.5) is 16.4 Å². The lowest BCUT2D eigenvalue weighted by Gasteiger charge is -2.33. The second-order valence-electron chi connectivity index (χ2n) is 8.68. The first-order valence-corrected chi connectivity index (χ1v) is 10.5. The molecule has 0 saturated carbocycles. The third kappa shape index (κ3) is 3.39. The average molecular weight is 422 g/mol. The van der Waals surface area contributed by atoms with Crippen molar-refractivity contribution in [1.29, 1.82) is 0 Å². The van der Waals surface area contributed by atoms with Crippen molar-refractivity contribution < 1.29 is 14.6 Å². The average Bonchev–Trinajstić information content (AvgIpc) is 3.45. The van der Waals surface area contributed by atoms with Crippen molar-refractivity contribution in [2.24, 2.45) is 5.92 Å². The number of nitrogen functional groups attached to an aromatic ring is 1. The van der Waals surface area contributed by atoms with Crippen molar-refractivity contribution in [1.82, 2.24) is 19.7 Å². The maximum Gasteiger partial charge on any atom is 0.407 e. The minimum absolute atomic E-state index is 0.0230. The van der Waals surface area contributed by atoms with Crippen LogP contribution in [-0.4, -0.2) is 62.6 Å². The van der Waals surface area contributed by atoms with Crippen molar-refractivity contribution in [3.05, 3.63) is 36.5 Å². The van der Waals surface area contributed by atoms with Gasteiger partial charge in [0.1, 0.15) is 11.6 Å². The van der Waals surface area contributed by atoms with E-state index >= 15 is 0 Å². The molecule has 3 aromatic rings. The van der Waals surface area contributed by atoms with Crippen LogP contribution < -0.4 is 15.4 Å². The number of benzene rings is 1. The number of carbonyl (C=O) groups is 1. The quantitative estimate of drug-likeness (QED) is 0.650. The summed E-state index contributed by atoms with van der Waals surface area (Å²) >= 11 is 0. The van der Waals surface area contributed by atoms with E-state index in [4.69, 9.17) is 10.5 Å². The SMILES string of the molecule is CC(C)COc1ccc2c(N)nn(-c3ccnc(N4C[C@@H]5C[C@H]4CN5C(=O)O)c3)c2c1. The molecular weight excluding hydrogens is 396 g/mol. The third-order valence-corrected chi connectivity index (χ3v) is 6.02. The predicted octanol–water partition coefficient (Wildman–Crippen LogP) is 2.98. The van der Waals surface area contributed by atoms with Gasteiger partial charge in [-0.25, -0.2) is 14.5 Å². The smallest absolute Gasteiger partial charge is 0.407 e. The van der Waals surface area contributed by atoms with E-state index < -0.39 is 6.09 Å². The summed E-state index contributed by atoms with van der Waals surface area (Å²) in [5.41, 5.74) is 7.90. The van der Waals surface area contributed by atoms with Crippen molar-refractivity contribution in [3.63, 3.8) is 0 Å². The van der Waals surface area contributed by atoms with E-state index in [1.807, 2.05) is 35.0 Å². The number of carboxylic acid groups (broad SMARTS) is 1. The largest absolute Gasteiger partial charge is 0.493 e. The van der Waals surface area contributed by atoms with Crippen molar-refractivity contribution in [2.45, 2.75) is 32.4 Å². The number of nitrogens with two attached hydrogens (primary N) is 1. The lowest BCUT2D eigenvalue weighted by molar-refractivity contribution is 0.137. The maximum atomic E-state index is 11.4. The van der Waals surface area contributed by atoms with Gasteiger partial charge >= 0.3 is 6.09 Å². The fourth-order valence-electron chi connectivity index (χ4n) is 4.55. The van der Waals surface area contributed by atoms with E-state index in [0.717, 1.165) is 34.6 Å². The zero-order chi connectivity index (χ0) is 21.7. The van der Waals surface area contributed by atoms with E-state index in [2.05, 4.69) is 28.8 Å². The van der Waals surface area contributed by atoms with Gasteiger partial charge in [-0.15, -0.1) is 5.10 Å². The minimum atomic E-state index is -0.845. The molecule has 2 fully saturated rings. The van der Waals surface area contributed by atoms with Gasteiger partial charge in [0.05, 0.1) is 29.9 Å². The molecule has 5 rings (SSSR count). The standard InChI is InChI=1S/C22H26N6O3/c1-13(2)12-31-17-3-4-18-19(9-17)28(25-21(18)23)14-5-6-24-20(8-14)26-10-16-7-15(26)11-27(16)22(29)30/h3-6,8-9,13,15-16H,7,10-12H2,1-2H3,(H2,23,25)(H,29,30)/t15-,16-/m0/s1. The molecule has 0 radical (unpaired) electrons. The highest BCUT2D eigenvalue weighted by Gasteiger charge is 2.45. The summed E-state index contributed by atoms with van der Waals surface area (Å²) in [6.07, 6.45) is 1.75. The van der Waals surface area contributed by atoms with Gasteiger partial charge in [-0.3, -0.25) is 0 Å². The number of nitrogens with zero attached hydrogens (tertiary/aromatic N) is 5. The Bertz CT molecular complexity index is 1140. The van der Waals surface area contributed by atoms with Crippen LogP contribution in [0, 0.1) is 5.92 Å². The lowest BCUT2D eigenvalue weighted by atomic mass is 10.2. The number of ether oxygens (including phenoxy) is 1. The zero-order valence-electron chi connectivity index (χ0n) is 17.6. The number of pyridine rings is 1. The number of amides is 1. The Hall–Kier alpha value is -3.49. The summed E-state index contributed by atoms with van der Waals surface area (Å²) in [4.78, 5) is 19.6.